The number of ether oxygens (including phenoxy) is 1. The van der Waals surface area contributed by atoms with Crippen molar-refractivity contribution in [1.29, 1.82) is 0 Å². The summed E-state index contributed by atoms with van der Waals surface area (Å²) < 4.78 is 20.7. The van der Waals surface area contributed by atoms with E-state index < -0.39 is 0 Å². The Bertz CT molecular complexity index is 666. The Labute approximate surface area is 135 Å². The van der Waals surface area contributed by atoms with Crippen molar-refractivity contribution in [2.24, 2.45) is 0 Å². The lowest BCUT2D eigenvalue weighted by molar-refractivity contribution is -0.135. The molecule has 1 aromatic carbocycles. The second-order valence-corrected chi connectivity index (χ2v) is 5.76. The fourth-order valence-electron chi connectivity index (χ4n) is 2.34. The van der Waals surface area contributed by atoms with Gasteiger partial charge in [-0.3, -0.25) is 4.79 Å². The van der Waals surface area contributed by atoms with Crippen LogP contribution in [0.5, 0.6) is 0 Å². The molecule has 0 bridgehead atoms. The van der Waals surface area contributed by atoms with Gasteiger partial charge in [-0.15, -0.1) is 0 Å². The van der Waals surface area contributed by atoms with Gasteiger partial charge in [-0.2, -0.15) is 0 Å². The molecule has 0 N–H and O–H groups in total. The van der Waals surface area contributed by atoms with Gasteiger partial charge >= 0.3 is 0 Å². The molecule has 0 unspecified atom stereocenters. The van der Waals surface area contributed by atoms with Crippen LogP contribution >= 0.6 is 15.9 Å². The van der Waals surface area contributed by atoms with E-state index in [0.717, 1.165) is 5.56 Å². The summed E-state index contributed by atoms with van der Waals surface area (Å²) in [5, 5.41) is 0. The molecule has 1 aliphatic heterocycles. The maximum absolute atomic E-state index is 13.0. The standard InChI is InChI=1S/C15H15BrFN3O2/c16-15-14(11-1-3-12(17)4-2-11)18-10-20(15)9-13(21)19-5-7-22-8-6-19/h1-4,10H,5-9H2. The summed E-state index contributed by atoms with van der Waals surface area (Å²) >= 11 is 3.47. The minimum Gasteiger partial charge on any atom is -0.378 e. The molecule has 0 saturated carbocycles. The second kappa shape index (κ2) is 6.58. The molecule has 0 aliphatic carbocycles. The minimum absolute atomic E-state index is 0.0343. The topological polar surface area (TPSA) is 47.4 Å². The maximum atomic E-state index is 13.0. The fraction of sp³-hybridized carbons (Fsp3) is 0.333. The molecule has 1 fully saturated rings. The third-order valence-electron chi connectivity index (χ3n) is 3.56. The second-order valence-electron chi connectivity index (χ2n) is 5.01. The Balaban J connectivity index is 1.75. The Morgan fingerprint density at radius 2 is 1.95 bits per heavy atom. The van der Waals surface area contributed by atoms with E-state index in [1.807, 2.05) is 0 Å². The monoisotopic (exact) mass is 367 g/mol. The van der Waals surface area contributed by atoms with E-state index in [2.05, 4.69) is 20.9 Å². The van der Waals surface area contributed by atoms with Gasteiger partial charge < -0.3 is 14.2 Å². The van der Waals surface area contributed by atoms with Crippen LogP contribution in [0.1, 0.15) is 0 Å². The van der Waals surface area contributed by atoms with E-state index in [0.29, 0.717) is 36.6 Å². The molecule has 1 saturated heterocycles. The number of aromatic nitrogens is 2. The summed E-state index contributed by atoms with van der Waals surface area (Å²) in [6.45, 7) is 2.62. The highest BCUT2D eigenvalue weighted by Crippen LogP contribution is 2.27. The molecule has 1 amide bonds. The number of hydrogen-bond donors (Lipinski definition) is 0. The van der Waals surface area contributed by atoms with Gasteiger partial charge in [0, 0.05) is 18.7 Å². The van der Waals surface area contributed by atoms with Gasteiger partial charge in [0.15, 0.2) is 0 Å². The number of rotatable bonds is 3. The quantitative estimate of drug-likeness (QED) is 0.836. The van der Waals surface area contributed by atoms with Crippen molar-refractivity contribution >= 4 is 21.8 Å². The molecule has 0 radical (unpaired) electrons. The first-order valence-corrected chi connectivity index (χ1v) is 7.76. The Hall–Kier alpha value is -1.73. The average molecular weight is 368 g/mol. The first-order chi connectivity index (χ1) is 10.6. The summed E-state index contributed by atoms with van der Waals surface area (Å²) in [6.07, 6.45) is 1.61. The molecule has 22 heavy (non-hydrogen) atoms. The molecular weight excluding hydrogens is 353 g/mol. The van der Waals surface area contributed by atoms with Gasteiger partial charge in [-0.05, 0) is 40.2 Å². The van der Waals surface area contributed by atoms with Crippen LogP contribution < -0.4 is 0 Å². The maximum Gasteiger partial charge on any atom is 0.242 e. The van der Waals surface area contributed by atoms with Crippen LogP contribution in [0.15, 0.2) is 35.2 Å². The van der Waals surface area contributed by atoms with Crippen LogP contribution in [-0.2, 0) is 16.1 Å². The van der Waals surface area contributed by atoms with Gasteiger partial charge in [0.1, 0.15) is 22.7 Å². The van der Waals surface area contributed by atoms with Crippen LogP contribution in [0.2, 0.25) is 0 Å². The van der Waals surface area contributed by atoms with Crippen molar-refractivity contribution in [2.75, 3.05) is 26.3 Å². The van der Waals surface area contributed by atoms with Gasteiger partial charge in [-0.1, -0.05) is 0 Å². The van der Waals surface area contributed by atoms with Crippen LogP contribution in [-0.4, -0.2) is 46.7 Å². The molecule has 0 spiro atoms. The number of morpholine rings is 1. The van der Waals surface area contributed by atoms with E-state index in [4.69, 9.17) is 4.74 Å². The van der Waals surface area contributed by atoms with E-state index in [1.165, 1.54) is 12.1 Å². The average Bonchev–Trinajstić information content (AvgIpc) is 2.90. The number of carbonyl (C=O) groups is 1. The SMILES string of the molecule is O=C(Cn1cnc(-c2ccc(F)cc2)c1Br)N1CCOCC1. The highest BCUT2D eigenvalue weighted by Gasteiger charge is 2.19. The van der Waals surface area contributed by atoms with Crippen molar-refractivity contribution in [3.63, 3.8) is 0 Å². The fourth-order valence-corrected chi connectivity index (χ4v) is 2.89. The molecule has 1 aromatic heterocycles. The van der Waals surface area contributed by atoms with Gasteiger partial charge in [-0.25, -0.2) is 9.37 Å². The van der Waals surface area contributed by atoms with Crippen LogP contribution in [0.3, 0.4) is 0 Å². The van der Waals surface area contributed by atoms with Gasteiger partial charge in [0.05, 0.1) is 19.5 Å². The lowest BCUT2D eigenvalue weighted by Crippen LogP contribution is -2.42. The Kier molecular flexibility index (Phi) is 4.54. The zero-order valence-corrected chi connectivity index (χ0v) is 13.4. The molecule has 5 nitrogen and oxygen atoms in total. The molecule has 3 rings (SSSR count). The van der Waals surface area contributed by atoms with Crippen molar-refractivity contribution < 1.29 is 13.9 Å². The van der Waals surface area contributed by atoms with Crippen LogP contribution in [0, 0.1) is 5.82 Å². The number of imidazole rings is 1. The van der Waals surface area contributed by atoms with Crippen molar-refractivity contribution in [2.45, 2.75) is 6.54 Å². The third-order valence-corrected chi connectivity index (χ3v) is 4.39. The number of hydrogen-bond acceptors (Lipinski definition) is 3. The highest BCUT2D eigenvalue weighted by molar-refractivity contribution is 9.10. The van der Waals surface area contributed by atoms with Crippen molar-refractivity contribution in [3.8, 4) is 11.3 Å². The van der Waals surface area contributed by atoms with Crippen molar-refractivity contribution in [1.82, 2.24) is 14.5 Å². The minimum atomic E-state index is -0.290. The predicted molar refractivity (Wildman–Crippen MR) is 82.7 cm³/mol. The lowest BCUT2D eigenvalue weighted by atomic mass is 10.2. The summed E-state index contributed by atoms with van der Waals surface area (Å²) in [5.41, 5.74) is 1.49. The summed E-state index contributed by atoms with van der Waals surface area (Å²) in [6, 6.07) is 6.10. The number of amides is 1. The van der Waals surface area contributed by atoms with Crippen LogP contribution in [0.4, 0.5) is 4.39 Å². The predicted octanol–water partition coefficient (Wildman–Crippen LogP) is 2.31. The molecule has 116 valence electrons. The highest BCUT2D eigenvalue weighted by atomic mass is 79.9. The first-order valence-electron chi connectivity index (χ1n) is 6.97. The largest absolute Gasteiger partial charge is 0.378 e. The third kappa shape index (κ3) is 3.20. The smallest absolute Gasteiger partial charge is 0.242 e. The molecule has 1 aliphatic rings. The normalized spacial score (nSPS) is 15.1. The summed E-state index contributed by atoms with van der Waals surface area (Å²) in [4.78, 5) is 18.4. The summed E-state index contributed by atoms with van der Waals surface area (Å²) in [5.74, 6) is -0.256. The molecule has 2 aromatic rings. The van der Waals surface area contributed by atoms with Crippen molar-refractivity contribution in [3.05, 3.63) is 41.0 Å². The van der Waals surface area contributed by atoms with E-state index in [-0.39, 0.29) is 18.3 Å². The molecular formula is C15H15BrFN3O2. The molecule has 2 heterocycles. The number of benzene rings is 1. The molecule has 7 heteroatoms. The number of carbonyl (C=O) groups excluding carboxylic acids is 1. The lowest BCUT2D eigenvalue weighted by Gasteiger charge is -2.27. The molecule has 0 atom stereocenters. The summed E-state index contributed by atoms with van der Waals surface area (Å²) in [7, 11) is 0. The van der Waals surface area contributed by atoms with E-state index in [9.17, 15) is 9.18 Å². The number of nitrogens with zero attached hydrogens (tertiary/aromatic N) is 3. The Morgan fingerprint density at radius 3 is 2.64 bits per heavy atom. The van der Waals surface area contributed by atoms with Gasteiger partial charge in [0.25, 0.3) is 0 Å². The zero-order valence-electron chi connectivity index (χ0n) is 11.8. The number of halogens is 2. The van der Waals surface area contributed by atoms with Crippen LogP contribution in [0.25, 0.3) is 11.3 Å². The Morgan fingerprint density at radius 1 is 1.27 bits per heavy atom. The van der Waals surface area contributed by atoms with E-state index >= 15 is 0 Å². The first kappa shape index (κ1) is 15.2. The van der Waals surface area contributed by atoms with Gasteiger partial charge in [0.2, 0.25) is 5.91 Å². The van der Waals surface area contributed by atoms with E-state index in [1.54, 1.807) is 27.9 Å². The zero-order chi connectivity index (χ0) is 15.5.